The number of hydrazone groups is 1. The molecule has 0 aliphatic heterocycles. The second-order valence-electron chi connectivity index (χ2n) is 7.43. The van der Waals surface area contributed by atoms with Crippen molar-refractivity contribution < 1.29 is 24.0 Å². The predicted molar refractivity (Wildman–Crippen MR) is 135 cm³/mol. The van der Waals surface area contributed by atoms with Gasteiger partial charge in [0.15, 0.2) is 6.61 Å². The first kappa shape index (κ1) is 24.4. The molecule has 0 saturated heterocycles. The molecule has 4 rings (SSSR count). The Balaban J connectivity index is 1.47. The fraction of sp³-hybridized carbons (Fsp3) is 0.0385. The maximum Gasteiger partial charge on any atom is 0.343 e. The van der Waals surface area contributed by atoms with E-state index in [1.807, 2.05) is 30.3 Å². The number of rotatable bonds is 8. The normalized spacial score (nSPS) is 10.8. The summed E-state index contributed by atoms with van der Waals surface area (Å²) >= 11 is 5.89. The molecule has 0 aromatic heterocycles. The number of fused-ring (bicyclic) bond motifs is 1. The summed E-state index contributed by atoms with van der Waals surface area (Å²) in [7, 11) is 0. The minimum Gasteiger partial charge on any atom is -0.484 e. The molecule has 1 N–H and O–H groups in total. The SMILES string of the molecule is O=C(COc1ccc([N+](=O)[O-])cc1)N/N=C/c1c(OC(=O)c2ccc(Cl)cc2)ccc2ccccc12. The van der Waals surface area contributed by atoms with Gasteiger partial charge in [0.05, 0.1) is 16.7 Å². The first-order chi connectivity index (χ1) is 17.4. The van der Waals surface area contributed by atoms with E-state index in [0.717, 1.165) is 10.8 Å². The van der Waals surface area contributed by atoms with Crippen molar-refractivity contribution in [3.05, 3.63) is 111 Å². The van der Waals surface area contributed by atoms with E-state index < -0.39 is 16.8 Å². The molecule has 0 atom stereocenters. The maximum atomic E-state index is 12.6. The topological polar surface area (TPSA) is 120 Å². The average Bonchev–Trinajstić information content (AvgIpc) is 2.89. The number of carbonyl (C=O) groups is 2. The highest BCUT2D eigenvalue weighted by molar-refractivity contribution is 6.30. The molecule has 4 aromatic carbocycles. The summed E-state index contributed by atoms with van der Waals surface area (Å²) in [5.74, 6) is -0.569. The van der Waals surface area contributed by atoms with Crippen molar-refractivity contribution in [1.82, 2.24) is 5.43 Å². The number of non-ortho nitro benzene ring substituents is 1. The van der Waals surface area contributed by atoms with Gasteiger partial charge < -0.3 is 9.47 Å². The highest BCUT2D eigenvalue weighted by Crippen LogP contribution is 2.27. The highest BCUT2D eigenvalue weighted by atomic mass is 35.5. The van der Waals surface area contributed by atoms with E-state index in [9.17, 15) is 19.7 Å². The lowest BCUT2D eigenvalue weighted by Crippen LogP contribution is -2.24. The molecule has 0 radical (unpaired) electrons. The molecule has 0 bridgehead atoms. The lowest BCUT2D eigenvalue weighted by molar-refractivity contribution is -0.384. The molecule has 0 aliphatic rings. The second-order valence-corrected chi connectivity index (χ2v) is 7.86. The monoisotopic (exact) mass is 503 g/mol. The van der Waals surface area contributed by atoms with Gasteiger partial charge in [-0.1, -0.05) is 41.9 Å². The number of nitro benzene ring substituents is 1. The third-order valence-corrected chi connectivity index (χ3v) is 5.27. The number of hydrogen-bond acceptors (Lipinski definition) is 7. The van der Waals surface area contributed by atoms with Crippen LogP contribution < -0.4 is 14.9 Å². The molecule has 0 spiro atoms. The Hall–Kier alpha value is -4.76. The predicted octanol–water partition coefficient (Wildman–Crippen LogP) is 5.15. The van der Waals surface area contributed by atoms with Gasteiger partial charge in [-0.3, -0.25) is 14.9 Å². The minimum absolute atomic E-state index is 0.0842. The summed E-state index contributed by atoms with van der Waals surface area (Å²) in [6, 6.07) is 22.6. The highest BCUT2D eigenvalue weighted by Gasteiger charge is 2.14. The summed E-state index contributed by atoms with van der Waals surface area (Å²) in [4.78, 5) is 35.0. The van der Waals surface area contributed by atoms with Crippen LogP contribution in [0.2, 0.25) is 5.02 Å². The number of hydrogen-bond donors (Lipinski definition) is 1. The van der Waals surface area contributed by atoms with Gasteiger partial charge in [-0.25, -0.2) is 10.2 Å². The van der Waals surface area contributed by atoms with Gasteiger partial charge >= 0.3 is 5.97 Å². The first-order valence-electron chi connectivity index (χ1n) is 10.6. The standard InChI is InChI=1S/C26H18ClN3O6/c27-19-8-5-18(6-9-19)26(32)36-24-14-7-17-3-1-2-4-22(17)23(24)15-28-29-25(31)16-35-21-12-10-20(11-13-21)30(33)34/h1-15H,16H2,(H,29,31)/b28-15+. The Morgan fingerprint density at radius 1 is 0.972 bits per heavy atom. The van der Waals surface area contributed by atoms with E-state index in [1.54, 1.807) is 30.3 Å². The van der Waals surface area contributed by atoms with Gasteiger partial charge in [0, 0.05) is 22.7 Å². The minimum atomic E-state index is -0.572. The zero-order valence-corrected chi connectivity index (χ0v) is 19.3. The van der Waals surface area contributed by atoms with Crippen molar-refractivity contribution in [2.75, 3.05) is 6.61 Å². The molecule has 10 heteroatoms. The van der Waals surface area contributed by atoms with Gasteiger partial charge in [-0.15, -0.1) is 0 Å². The van der Waals surface area contributed by atoms with E-state index in [1.165, 1.54) is 30.5 Å². The Morgan fingerprint density at radius 3 is 2.42 bits per heavy atom. The van der Waals surface area contributed by atoms with Crippen molar-refractivity contribution in [1.29, 1.82) is 0 Å². The molecule has 4 aromatic rings. The summed E-state index contributed by atoms with van der Waals surface area (Å²) in [6.07, 6.45) is 1.39. The number of nitrogens with one attached hydrogen (secondary N) is 1. The molecule has 0 fully saturated rings. The van der Waals surface area contributed by atoms with Gasteiger partial charge in [0.2, 0.25) is 0 Å². The Bertz CT molecular complexity index is 1450. The smallest absolute Gasteiger partial charge is 0.343 e. The van der Waals surface area contributed by atoms with Crippen LogP contribution in [0.3, 0.4) is 0 Å². The molecular formula is C26H18ClN3O6. The number of halogens is 1. The van der Waals surface area contributed by atoms with Crippen LogP contribution in [0.4, 0.5) is 5.69 Å². The van der Waals surface area contributed by atoms with Crippen LogP contribution in [0.15, 0.2) is 90.0 Å². The second kappa shape index (κ2) is 11.1. The lowest BCUT2D eigenvalue weighted by Gasteiger charge is -2.11. The van der Waals surface area contributed by atoms with Gasteiger partial charge in [-0.2, -0.15) is 5.10 Å². The number of ether oxygens (including phenoxy) is 2. The number of amides is 1. The molecule has 0 heterocycles. The molecule has 36 heavy (non-hydrogen) atoms. The molecular weight excluding hydrogens is 486 g/mol. The van der Waals surface area contributed by atoms with Gasteiger partial charge in [0.1, 0.15) is 11.5 Å². The van der Waals surface area contributed by atoms with Crippen LogP contribution in [0.1, 0.15) is 15.9 Å². The first-order valence-corrected chi connectivity index (χ1v) is 11.0. The zero-order valence-electron chi connectivity index (χ0n) is 18.6. The third kappa shape index (κ3) is 6.02. The van der Waals surface area contributed by atoms with Crippen molar-refractivity contribution in [2.45, 2.75) is 0 Å². The summed E-state index contributed by atoms with van der Waals surface area (Å²) < 4.78 is 10.9. The number of esters is 1. The summed E-state index contributed by atoms with van der Waals surface area (Å²) in [5, 5.41) is 16.9. The van der Waals surface area contributed by atoms with Gasteiger partial charge in [-0.05, 0) is 53.2 Å². The zero-order chi connectivity index (χ0) is 25.5. The summed E-state index contributed by atoms with van der Waals surface area (Å²) in [5.41, 5.74) is 3.09. The van der Waals surface area contributed by atoms with E-state index in [0.29, 0.717) is 21.9 Å². The molecule has 180 valence electrons. The van der Waals surface area contributed by atoms with Crippen LogP contribution >= 0.6 is 11.6 Å². The van der Waals surface area contributed by atoms with Crippen LogP contribution in [-0.4, -0.2) is 29.6 Å². The Labute approximate surface area is 210 Å². The molecule has 0 aliphatic carbocycles. The Kier molecular flexibility index (Phi) is 7.52. The lowest BCUT2D eigenvalue weighted by atomic mass is 10.0. The molecule has 9 nitrogen and oxygen atoms in total. The fourth-order valence-electron chi connectivity index (χ4n) is 3.26. The maximum absolute atomic E-state index is 12.6. The fourth-order valence-corrected chi connectivity index (χ4v) is 3.38. The number of nitrogens with zero attached hydrogens (tertiary/aromatic N) is 2. The quantitative estimate of drug-likeness (QED) is 0.117. The van der Waals surface area contributed by atoms with Crippen LogP contribution in [-0.2, 0) is 4.79 Å². The number of nitro groups is 1. The third-order valence-electron chi connectivity index (χ3n) is 5.01. The van der Waals surface area contributed by atoms with E-state index in [2.05, 4.69) is 10.5 Å². The number of benzene rings is 4. The molecule has 0 unspecified atom stereocenters. The number of carbonyl (C=O) groups excluding carboxylic acids is 2. The summed E-state index contributed by atoms with van der Waals surface area (Å²) in [6.45, 7) is -0.358. The van der Waals surface area contributed by atoms with Crippen molar-refractivity contribution >= 4 is 46.2 Å². The average molecular weight is 504 g/mol. The molecule has 0 saturated carbocycles. The van der Waals surface area contributed by atoms with Crippen molar-refractivity contribution in [2.24, 2.45) is 5.10 Å². The largest absolute Gasteiger partial charge is 0.484 e. The Morgan fingerprint density at radius 2 is 1.69 bits per heavy atom. The van der Waals surface area contributed by atoms with E-state index in [4.69, 9.17) is 21.1 Å². The van der Waals surface area contributed by atoms with Crippen molar-refractivity contribution in [3.8, 4) is 11.5 Å². The van der Waals surface area contributed by atoms with Crippen LogP contribution in [0.25, 0.3) is 10.8 Å². The van der Waals surface area contributed by atoms with E-state index in [-0.39, 0.29) is 18.0 Å². The van der Waals surface area contributed by atoms with Crippen LogP contribution in [0.5, 0.6) is 11.5 Å². The van der Waals surface area contributed by atoms with Crippen molar-refractivity contribution in [3.63, 3.8) is 0 Å². The van der Waals surface area contributed by atoms with Crippen LogP contribution in [0, 0.1) is 10.1 Å². The molecule has 1 amide bonds. The van der Waals surface area contributed by atoms with Gasteiger partial charge in [0.25, 0.3) is 11.6 Å². The van der Waals surface area contributed by atoms with E-state index >= 15 is 0 Å².